The van der Waals surface area contributed by atoms with Gasteiger partial charge in [-0.05, 0) is 22.6 Å². The molecule has 3 aromatic rings. The van der Waals surface area contributed by atoms with Crippen molar-refractivity contribution >= 4 is 11.9 Å². The van der Waals surface area contributed by atoms with Crippen molar-refractivity contribution in [1.29, 1.82) is 0 Å². The number of carbonyl (C=O) groups excluding carboxylic acids is 2. The summed E-state index contributed by atoms with van der Waals surface area (Å²) in [5.41, 5.74) is -0.143. The molecular formula is C25H25NO4. The second kappa shape index (κ2) is 9.85. The van der Waals surface area contributed by atoms with Crippen molar-refractivity contribution in [3.05, 3.63) is 108 Å². The van der Waals surface area contributed by atoms with Crippen LogP contribution in [0.4, 0.5) is 0 Å². The van der Waals surface area contributed by atoms with Crippen molar-refractivity contribution in [2.75, 3.05) is 13.2 Å². The Morgan fingerprint density at radius 1 is 0.867 bits per heavy atom. The standard InChI is InChI=1S/C25H25NO4/c1-19(20-11-5-2-6-12-20)17-26-23(27)18-30-24(28)25(29,21-13-7-3-8-14-21)22-15-9-4-10-16-22/h2-16,19,29H,17-18H2,1H3,(H,26,27)/t19-/m0/s1. The highest BCUT2D eigenvalue weighted by Gasteiger charge is 2.41. The molecule has 5 nitrogen and oxygen atoms in total. The molecule has 0 saturated heterocycles. The monoisotopic (exact) mass is 403 g/mol. The SMILES string of the molecule is C[C@@H](CNC(=O)COC(=O)C(O)(c1ccccc1)c1ccccc1)c1ccccc1. The lowest BCUT2D eigenvalue weighted by atomic mass is 9.86. The Bertz CT molecular complexity index is 919. The number of hydrogen-bond donors (Lipinski definition) is 2. The van der Waals surface area contributed by atoms with Crippen molar-refractivity contribution in [2.45, 2.75) is 18.4 Å². The van der Waals surface area contributed by atoms with Gasteiger partial charge in [-0.15, -0.1) is 0 Å². The van der Waals surface area contributed by atoms with Crippen LogP contribution in [0.1, 0.15) is 29.5 Å². The van der Waals surface area contributed by atoms with E-state index in [1.165, 1.54) is 0 Å². The highest BCUT2D eigenvalue weighted by atomic mass is 16.6. The molecule has 2 N–H and O–H groups in total. The number of ether oxygens (including phenoxy) is 1. The normalized spacial score (nSPS) is 12.1. The van der Waals surface area contributed by atoms with Crippen molar-refractivity contribution < 1.29 is 19.4 Å². The van der Waals surface area contributed by atoms with Crippen molar-refractivity contribution in [3.8, 4) is 0 Å². The molecule has 0 bridgehead atoms. The second-order valence-corrected chi connectivity index (χ2v) is 7.13. The Balaban J connectivity index is 1.64. The Morgan fingerprint density at radius 2 is 1.33 bits per heavy atom. The van der Waals surface area contributed by atoms with Crippen LogP contribution < -0.4 is 5.32 Å². The number of nitrogens with one attached hydrogen (secondary N) is 1. The van der Waals surface area contributed by atoms with E-state index in [2.05, 4.69) is 5.32 Å². The van der Waals surface area contributed by atoms with Gasteiger partial charge in [-0.3, -0.25) is 4.79 Å². The van der Waals surface area contributed by atoms with Crippen LogP contribution in [0.25, 0.3) is 0 Å². The predicted octanol–water partition coefficient (Wildman–Crippen LogP) is 3.39. The zero-order chi connectivity index (χ0) is 21.4. The van der Waals surface area contributed by atoms with Crippen LogP contribution in [0.2, 0.25) is 0 Å². The number of carbonyl (C=O) groups is 2. The first kappa shape index (κ1) is 21.3. The molecule has 3 rings (SSSR count). The fourth-order valence-electron chi connectivity index (χ4n) is 3.21. The molecular weight excluding hydrogens is 378 g/mol. The predicted molar refractivity (Wildman–Crippen MR) is 115 cm³/mol. The molecule has 0 unspecified atom stereocenters. The fraction of sp³-hybridized carbons (Fsp3) is 0.200. The molecule has 3 aromatic carbocycles. The van der Waals surface area contributed by atoms with Gasteiger partial charge in [0.15, 0.2) is 6.61 Å². The molecule has 30 heavy (non-hydrogen) atoms. The Morgan fingerprint density at radius 3 is 1.83 bits per heavy atom. The van der Waals surface area contributed by atoms with E-state index in [0.717, 1.165) is 5.56 Å². The van der Waals surface area contributed by atoms with Crippen LogP contribution in [0.5, 0.6) is 0 Å². The maximum Gasteiger partial charge on any atom is 0.348 e. The molecule has 0 spiro atoms. The zero-order valence-corrected chi connectivity index (χ0v) is 16.8. The van der Waals surface area contributed by atoms with Crippen LogP contribution in [0.3, 0.4) is 0 Å². The van der Waals surface area contributed by atoms with Gasteiger partial charge >= 0.3 is 5.97 Å². The summed E-state index contributed by atoms with van der Waals surface area (Å²) >= 11 is 0. The summed E-state index contributed by atoms with van der Waals surface area (Å²) in [6, 6.07) is 26.9. The molecule has 0 aliphatic rings. The van der Waals surface area contributed by atoms with Crippen LogP contribution >= 0.6 is 0 Å². The Labute approximate surface area is 176 Å². The van der Waals surface area contributed by atoms with Gasteiger partial charge in [0, 0.05) is 6.54 Å². The Kier molecular flexibility index (Phi) is 6.99. The molecule has 0 saturated carbocycles. The van der Waals surface area contributed by atoms with Gasteiger partial charge in [0.1, 0.15) is 0 Å². The minimum Gasteiger partial charge on any atom is -0.453 e. The highest BCUT2D eigenvalue weighted by Crippen LogP contribution is 2.31. The van der Waals surface area contributed by atoms with Gasteiger partial charge in [0.25, 0.3) is 5.91 Å². The van der Waals surface area contributed by atoms with Gasteiger partial charge in [-0.2, -0.15) is 0 Å². The molecule has 0 aliphatic carbocycles. The van der Waals surface area contributed by atoms with E-state index < -0.39 is 24.1 Å². The third-order valence-corrected chi connectivity index (χ3v) is 4.99. The number of aliphatic hydroxyl groups is 1. The van der Waals surface area contributed by atoms with E-state index in [-0.39, 0.29) is 5.92 Å². The maximum atomic E-state index is 12.9. The minimum absolute atomic E-state index is 0.122. The van der Waals surface area contributed by atoms with Crippen LogP contribution in [0, 0.1) is 0 Å². The van der Waals surface area contributed by atoms with E-state index in [9.17, 15) is 14.7 Å². The maximum absolute atomic E-state index is 12.9. The summed E-state index contributed by atoms with van der Waals surface area (Å²) < 4.78 is 5.21. The summed E-state index contributed by atoms with van der Waals surface area (Å²) in [6.07, 6.45) is 0. The first-order valence-corrected chi connectivity index (χ1v) is 9.84. The van der Waals surface area contributed by atoms with E-state index >= 15 is 0 Å². The number of amides is 1. The second-order valence-electron chi connectivity index (χ2n) is 7.13. The van der Waals surface area contributed by atoms with E-state index in [1.54, 1.807) is 60.7 Å². The molecule has 1 atom stereocenters. The van der Waals surface area contributed by atoms with Crippen LogP contribution in [-0.2, 0) is 19.9 Å². The first-order chi connectivity index (χ1) is 14.5. The first-order valence-electron chi connectivity index (χ1n) is 9.84. The van der Waals surface area contributed by atoms with Gasteiger partial charge in [-0.1, -0.05) is 97.9 Å². The third kappa shape index (κ3) is 4.93. The lowest BCUT2D eigenvalue weighted by Crippen LogP contribution is -2.41. The van der Waals surface area contributed by atoms with Crippen LogP contribution in [0.15, 0.2) is 91.0 Å². The van der Waals surface area contributed by atoms with Gasteiger partial charge < -0.3 is 15.2 Å². The Hall–Kier alpha value is -3.44. The highest BCUT2D eigenvalue weighted by molar-refractivity contribution is 5.88. The molecule has 154 valence electrons. The third-order valence-electron chi connectivity index (χ3n) is 4.99. The average Bonchev–Trinajstić information content (AvgIpc) is 2.82. The van der Waals surface area contributed by atoms with Gasteiger partial charge in [0.2, 0.25) is 5.60 Å². The number of esters is 1. The molecule has 0 radical (unpaired) electrons. The lowest BCUT2D eigenvalue weighted by Gasteiger charge is -2.27. The zero-order valence-electron chi connectivity index (χ0n) is 16.8. The molecule has 5 heteroatoms. The molecule has 0 heterocycles. The fourth-order valence-corrected chi connectivity index (χ4v) is 3.21. The van der Waals surface area contributed by atoms with E-state index in [1.807, 2.05) is 37.3 Å². The lowest BCUT2D eigenvalue weighted by molar-refractivity contribution is -0.164. The van der Waals surface area contributed by atoms with Crippen molar-refractivity contribution in [2.24, 2.45) is 0 Å². The van der Waals surface area contributed by atoms with E-state index in [0.29, 0.717) is 17.7 Å². The van der Waals surface area contributed by atoms with Crippen LogP contribution in [-0.4, -0.2) is 30.1 Å². The summed E-state index contributed by atoms with van der Waals surface area (Å²) in [5.74, 6) is -1.20. The van der Waals surface area contributed by atoms with Gasteiger partial charge in [-0.25, -0.2) is 4.79 Å². The molecule has 0 fully saturated rings. The number of benzene rings is 3. The largest absolute Gasteiger partial charge is 0.453 e. The topological polar surface area (TPSA) is 75.6 Å². The molecule has 0 aliphatic heterocycles. The van der Waals surface area contributed by atoms with Crippen molar-refractivity contribution in [3.63, 3.8) is 0 Å². The van der Waals surface area contributed by atoms with E-state index in [4.69, 9.17) is 4.74 Å². The molecule has 1 amide bonds. The number of rotatable bonds is 8. The summed E-state index contributed by atoms with van der Waals surface area (Å²) in [5, 5.41) is 14.1. The van der Waals surface area contributed by atoms with Crippen molar-refractivity contribution in [1.82, 2.24) is 5.32 Å². The van der Waals surface area contributed by atoms with Gasteiger partial charge in [0.05, 0.1) is 0 Å². The summed E-state index contributed by atoms with van der Waals surface area (Å²) in [4.78, 5) is 25.1. The quantitative estimate of drug-likeness (QED) is 0.566. The minimum atomic E-state index is -2.00. The summed E-state index contributed by atoms with van der Waals surface area (Å²) in [7, 11) is 0. The molecule has 0 aromatic heterocycles. The smallest absolute Gasteiger partial charge is 0.348 e. The summed E-state index contributed by atoms with van der Waals surface area (Å²) in [6.45, 7) is 1.95. The number of hydrogen-bond acceptors (Lipinski definition) is 4. The average molecular weight is 403 g/mol.